The Morgan fingerprint density at radius 2 is 0.990 bits per heavy atom. The zero-order chi connectivity index (χ0) is 71.1. The number of fused-ring (bicyclic) bond motifs is 3. The van der Waals surface area contributed by atoms with Crippen molar-refractivity contribution in [3.05, 3.63) is 311 Å². The Bertz CT molecular complexity index is 4060. The number of carbonyl (C=O) groups excluding carboxylic acids is 7. The Morgan fingerprint density at radius 3 is 1.46 bits per heavy atom. The molecule has 0 bridgehead atoms. The number of alkyl carbamates (subject to hydrolysis) is 1. The van der Waals surface area contributed by atoms with E-state index in [-0.39, 0.29) is 37.9 Å². The van der Waals surface area contributed by atoms with Gasteiger partial charge in [-0.15, -0.1) is 11.8 Å². The Hall–Kier alpha value is -10.4. The summed E-state index contributed by atoms with van der Waals surface area (Å²) in [5, 5.41) is 9.34. The molecule has 3 N–H and O–H groups in total. The third kappa shape index (κ3) is 16.9. The summed E-state index contributed by atoms with van der Waals surface area (Å²) in [6.45, 7) is 9.74. The van der Waals surface area contributed by atoms with Gasteiger partial charge in [0.15, 0.2) is 5.78 Å². The number of thioether (sulfide) groups is 1. The van der Waals surface area contributed by atoms with Gasteiger partial charge in [-0.3, -0.25) is 24.0 Å². The van der Waals surface area contributed by atoms with Crippen LogP contribution in [-0.2, 0) is 64.6 Å². The van der Waals surface area contributed by atoms with E-state index in [1.807, 2.05) is 257 Å². The molecule has 7 atom stereocenters. The smallest absolute Gasteiger partial charge is 0.407 e. The summed E-state index contributed by atoms with van der Waals surface area (Å²) in [6, 6.07) is 79.2. The van der Waals surface area contributed by atoms with Crippen LogP contribution in [0.5, 0.6) is 0 Å². The number of Topliss-reactive ketones (excluding diaryl/α,β-unsaturated/α-hetero) is 1. The third-order valence-electron chi connectivity index (χ3n) is 19.0. The second-order valence-corrected chi connectivity index (χ2v) is 28.2. The van der Waals surface area contributed by atoms with Crippen molar-refractivity contribution in [2.45, 2.75) is 120 Å². The van der Waals surface area contributed by atoms with Crippen LogP contribution in [0.3, 0.4) is 0 Å². The van der Waals surface area contributed by atoms with Gasteiger partial charge < -0.3 is 39.8 Å². The third-order valence-corrected chi connectivity index (χ3v) is 20.6. The first kappa shape index (κ1) is 71.9. The van der Waals surface area contributed by atoms with Gasteiger partial charge in [0.05, 0.1) is 28.4 Å². The molecule has 1 heterocycles. The second-order valence-electron chi connectivity index (χ2n) is 26.9. The number of esters is 2. The fourth-order valence-corrected chi connectivity index (χ4v) is 15.7. The number of rotatable bonds is 28. The molecular weight excluding hydrogens is 1290 g/mol. The maximum Gasteiger partial charge on any atom is 0.407 e. The van der Waals surface area contributed by atoms with Crippen LogP contribution in [0.25, 0.3) is 11.1 Å². The molecule has 1 aliphatic heterocycles. The normalized spacial score (nSPS) is 15.8. The van der Waals surface area contributed by atoms with E-state index in [2.05, 4.69) is 16.0 Å². The van der Waals surface area contributed by atoms with Gasteiger partial charge in [0.1, 0.15) is 36.9 Å². The molecule has 0 saturated carbocycles. The van der Waals surface area contributed by atoms with Crippen LogP contribution in [0, 0.1) is 11.8 Å². The Kier molecular flexibility index (Phi) is 23.3. The van der Waals surface area contributed by atoms with Gasteiger partial charge in [-0.25, -0.2) is 9.59 Å². The number of carbonyl (C=O) groups is 7. The molecule has 9 aromatic carbocycles. The average molecular weight is 1370 g/mol. The molecule has 1 saturated heterocycles. The highest BCUT2D eigenvalue weighted by atomic mass is 32.2. The lowest BCUT2D eigenvalue weighted by Gasteiger charge is -2.37. The molecule has 15 nitrogen and oxygen atoms in total. The Labute approximate surface area is 595 Å². The summed E-state index contributed by atoms with van der Waals surface area (Å²) >= 11 is 1.43. The first-order chi connectivity index (χ1) is 48.8. The van der Waals surface area contributed by atoms with Crippen molar-refractivity contribution in [1.82, 2.24) is 20.9 Å². The fraction of sp³-hybridized carbons (Fsp3) is 0.282. The summed E-state index contributed by atoms with van der Waals surface area (Å²) in [7, 11) is 0. The van der Waals surface area contributed by atoms with Crippen molar-refractivity contribution in [2.75, 3.05) is 18.9 Å². The maximum absolute atomic E-state index is 16.5. The summed E-state index contributed by atoms with van der Waals surface area (Å²) in [4.78, 5) is 107. The lowest BCUT2D eigenvalue weighted by molar-refractivity contribution is -0.157. The molecule has 1 aliphatic carbocycles. The van der Waals surface area contributed by atoms with Crippen molar-refractivity contribution in [2.24, 2.45) is 11.8 Å². The lowest BCUT2D eigenvalue weighted by Crippen LogP contribution is -2.56. The van der Waals surface area contributed by atoms with E-state index in [0.717, 1.165) is 38.9 Å². The van der Waals surface area contributed by atoms with Gasteiger partial charge in [0.25, 0.3) is 0 Å². The molecule has 0 spiro atoms. The first-order valence-corrected chi connectivity index (χ1v) is 35.4. The van der Waals surface area contributed by atoms with E-state index in [9.17, 15) is 14.4 Å². The molecule has 1 fully saturated rings. The van der Waals surface area contributed by atoms with Gasteiger partial charge in [-0.05, 0) is 88.9 Å². The highest BCUT2D eigenvalue weighted by molar-refractivity contribution is 8.00. The van der Waals surface area contributed by atoms with E-state index in [1.54, 1.807) is 38.1 Å². The molecule has 0 aromatic heterocycles. The number of amides is 4. The van der Waals surface area contributed by atoms with Crippen LogP contribution in [0.1, 0.15) is 117 Å². The molecule has 0 radical (unpaired) electrons. The van der Waals surface area contributed by atoms with E-state index >= 15 is 19.2 Å². The molecule has 518 valence electrons. The Morgan fingerprint density at radius 1 is 0.545 bits per heavy atom. The van der Waals surface area contributed by atoms with Gasteiger partial charge in [-0.2, -0.15) is 0 Å². The summed E-state index contributed by atoms with van der Waals surface area (Å²) in [5.41, 5.74) is 7.42. The van der Waals surface area contributed by atoms with Crippen LogP contribution >= 0.6 is 11.8 Å². The molecule has 16 heteroatoms. The first-order valence-electron chi connectivity index (χ1n) is 34.4. The second kappa shape index (κ2) is 32.7. The molecule has 2 unspecified atom stereocenters. The standard InChI is InChI=1S/C85H86N4O11S/c1-57(58(2)99-59(3)90)78(81(95)97-54-60-32-14-7-15-33-60)87-79(93)75-52-68(100-83(4,5)6)53-89(75)80(94)61(51-77(92)88-84(62-34-16-8-17-35-62,63-36-18-9-19-37-63)64-38-20-10-21-39-64)50-76(91)74(86-82(96)98-55-73-71-48-30-28-46-69(71)70-47-29-31-49-72(70)73)56-101-85(65-40-22-11-23-41-65,66-42-24-12-25-43-66)67-44-26-13-27-45-67/h7-49,57-58,61,68,73-75,78H,50-56H2,1-6H3,(H,86,96)(H,87,93)(H,88,92)/t57-,58-,61?,68+,74?,75-,78-/m0/s1. The summed E-state index contributed by atoms with van der Waals surface area (Å²) < 4.78 is 23.3. The van der Waals surface area contributed by atoms with Crippen molar-refractivity contribution in [3.8, 4) is 11.1 Å². The fourth-order valence-electron chi connectivity index (χ4n) is 14.1. The van der Waals surface area contributed by atoms with Gasteiger partial charge in [0, 0.05) is 50.3 Å². The van der Waals surface area contributed by atoms with Crippen LogP contribution in [0.4, 0.5) is 4.79 Å². The number of hydrogen-bond donors (Lipinski definition) is 3. The number of nitrogens with zero attached hydrogens (tertiary/aromatic N) is 1. The van der Waals surface area contributed by atoms with E-state index < -0.39 is 112 Å². The minimum absolute atomic E-state index is 0.0519. The van der Waals surface area contributed by atoms with Crippen LogP contribution in [0.2, 0.25) is 0 Å². The van der Waals surface area contributed by atoms with Gasteiger partial charge in [-0.1, -0.05) is 268 Å². The van der Waals surface area contributed by atoms with E-state index in [0.29, 0.717) is 22.3 Å². The minimum Gasteiger partial charge on any atom is -0.462 e. The summed E-state index contributed by atoms with van der Waals surface area (Å²) in [6.07, 6.45) is -3.79. The minimum atomic E-state index is -1.51. The van der Waals surface area contributed by atoms with Crippen LogP contribution in [0.15, 0.2) is 261 Å². The van der Waals surface area contributed by atoms with Crippen LogP contribution in [-0.4, -0.2) is 101 Å². The van der Waals surface area contributed by atoms with Crippen molar-refractivity contribution >= 4 is 53.3 Å². The maximum atomic E-state index is 16.5. The number of hydrogen-bond acceptors (Lipinski definition) is 12. The topological polar surface area (TPSA) is 196 Å². The highest BCUT2D eigenvalue weighted by Gasteiger charge is 2.48. The van der Waals surface area contributed by atoms with Gasteiger partial charge >= 0.3 is 18.0 Å². The number of ether oxygens (including phenoxy) is 4. The molecular formula is C85H86N4O11S. The predicted octanol–water partition coefficient (Wildman–Crippen LogP) is 14.3. The monoisotopic (exact) mass is 1370 g/mol. The SMILES string of the molecule is CC(=O)O[C@@H](C)[C@H](C)[C@H](NC(=O)[C@@H]1C[C@@H](OC(C)(C)C)CN1C(=O)C(CC(=O)NC(c1ccccc1)(c1ccccc1)c1ccccc1)CC(=O)C(CSC(c1ccccc1)(c1ccccc1)c1ccccc1)NC(=O)OCC1c2ccccc2-c2ccccc21)C(=O)OCc1ccccc1. The molecule has 9 aromatic rings. The molecule has 2 aliphatic rings. The zero-order valence-corrected chi connectivity index (χ0v) is 58.6. The quantitative estimate of drug-likeness (QED) is 0.0239. The zero-order valence-electron chi connectivity index (χ0n) is 57.7. The molecule has 101 heavy (non-hydrogen) atoms. The lowest BCUT2D eigenvalue weighted by atomic mass is 9.76. The average Bonchev–Trinajstić information content (AvgIpc) is 1.44. The van der Waals surface area contributed by atoms with E-state index in [1.165, 1.54) is 23.6 Å². The molecule has 11 rings (SSSR count). The van der Waals surface area contributed by atoms with E-state index in [4.69, 9.17) is 18.9 Å². The van der Waals surface area contributed by atoms with Crippen molar-refractivity contribution < 1.29 is 52.5 Å². The van der Waals surface area contributed by atoms with Crippen LogP contribution < -0.4 is 16.0 Å². The predicted molar refractivity (Wildman–Crippen MR) is 392 cm³/mol. The number of benzene rings is 9. The highest BCUT2D eigenvalue weighted by Crippen LogP contribution is 2.49. The van der Waals surface area contributed by atoms with Gasteiger partial charge in [0.2, 0.25) is 17.7 Å². The Balaban J connectivity index is 0.998. The summed E-state index contributed by atoms with van der Waals surface area (Å²) in [5.74, 6) is -6.87. The number of likely N-dealkylation sites (tertiary alicyclic amines) is 1. The number of nitrogens with one attached hydrogen (secondary N) is 3. The van der Waals surface area contributed by atoms with Crippen molar-refractivity contribution in [3.63, 3.8) is 0 Å². The largest absolute Gasteiger partial charge is 0.462 e. The number of ketones is 1. The molecule has 4 amide bonds. The van der Waals surface area contributed by atoms with Crippen molar-refractivity contribution in [1.29, 1.82) is 0 Å².